The van der Waals surface area contributed by atoms with Crippen LogP contribution in [0.1, 0.15) is 17.5 Å². The average Bonchev–Trinajstić information content (AvgIpc) is 2.77. The van der Waals surface area contributed by atoms with Crippen molar-refractivity contribution in [2.75, 3.05) is 52.4 Å². The van der Waals surface area contributed by atoms with Crippen molar-refractivity contribution in [2.45, 2.75) is 19.3 Å². The molecule has 0 unspecified atom stereocenters. The van der Waals surface area contributed by atoms with Gasteiger partial charge in [0.1, 0.15) is 0 Å². The van der Waals surface area contributed by atoms with Crippen molar-refractivity contribution in [2.24, 2.45) is 5.92 Å². The van der Waals surface area contributed by atoms with Crippen LogP contribution in [0.15, 0.2) is 42.5 Å². The Morgan fingerprint density at radius 3 is 2.42 bits per heavy atom. The molecule has 2 aromatic rings. The van der Waals surface area contributed by atoms with Crippen LogP contribution in [-0.4, -0.2) is 58.7 Å². The molecule has 0 atom stereocenters. The van der Waals surface area contributed by atoms with Crippen molar-refractivity contribution in [1.82, 2.24) is 4.90 Å². The first-order valence-electron chi connectivity index (χ1n) is 10.4. The molecule has 1 heterocycles. The molecule has 0 spiro atoms. The largest absolute Gasteiger partial charge is 0.494 e. The molecule has 1 fully saturated rings. The summed E-state index contributed by atoms with van der Waals surface area (Å²) in [6.07, 6.45) is 0.430. The average molecular weight is 428 g/mol. The zero-order chi connectivity index (χ0) is 22.2. The number of benzene rings is 2. The minimum Gasteiger partial charge on any atom is -0.494 e. The van der Waals surface area contributed by atoms with Crippen LogP contribution in [-0.2, 0) is 16.0 Å². The van der Waals surface area contributed by atoms with Gasteiger partial charge in [0.25, 0.3) is 0 Å². The van der Waals surface area contributed by atoms with Crippen LogP contribution in [0, 0.1) is 23.1 Å². The number of anilines is 1. The molecular weight excluding hydrogens is 397 g/mol. The van der Waals surface area contributed by atoms with E-state index in [1.165, 1.54) is 13.2 Å². The van der Waals surface area contributed by atoms with Gasteiger partial charge in [0.2, 0.25) is 0 Å². The Morgan fingerprint density at radius 1 is 1.13 bits per heavy atom. The fraction of sp³-hybridized carbons (Fsp3) is 0.458. The van der Waals surface area contributed by atoms with Crippen LogP contribution in [0.3, 0.4) is 0 Å². The Bertz CT molecular complexity index is 875. The first-order chi connectivity index (χ1) is 15.0. The number of halogens is 1. The summed E-state index contributed by atoms with van der Waals surface area (Å²) in [4.78, 5) is 4.28. The van der Waals surface area contributed by atoms with E-state index < -0.39 is 0 Å². The summed E-state index contributed by atoms with van der Waals surface area (Å²) in [7, 11) is 5.54. The Hall–Kier alpha value is -2.66. The van der Waals surface area contributed by atoms with Crippen molar-refractivity contribution in [3.63, 3.8) is 0 Å². The molecule has 31 heavy (non-hydrogen) atoms. The summed E-state index contributed by atoms with van der Waals surface area (Å²) in [5, 5.41) is 9.08. The first kappa shape index (κ1) is 23.0. The smallest absolute Gasteiger partial charge is 0.165 e. The van der Waals surface area contributed by atoms with Gasteiger partial charge in [-0.2, -0.15) is 5.26 Å². The molecule has 3 rings (SSSR count). The highest BCUT2D eigenvalue weighted by Crippen LogP contribution is 2.23. The standard InChI is InChI=1S/C24H30FN3O3/c1-27(2)14-20-16-30-24(31-17-20)10-11-28(21-7-4-18(13-26)5-8-21)15-19-6-9-23(29-3)22(25)12-19/h4-9,12,20,24H,10-11,14-17H2,1-3H3. The van der Waals surface area contributed by atoms with E-state index in [0.717, 1.165) is 17.8 Å². The van der Waals surface area contributed by atoms with Crippen molar-refractivity contribution in [1.29, 1.82) is 5.26 Å². The maximum Gasteiger partial charge on any atom is 0.165 e. The number of hydrogen-bond donors (Lipinski definition) is 0. The van der Waals surface area contributed by atoms with E-state index in [2.05, 4.69) is 15.9 Å². The Balaban J connectivity index is 1.66. The van der Waals surface area contributed by atoms with Crippen molar-refractivity contribution in [3.8, 4) is 11.8 Å². The Morgan fingerprint density at radius 2 is 1.84 bits per heavy atom. The van der Waals surface area contributed by atoms with E-state index in [9.17, 15) is 4.39 Å². The second-order valence-electron chi connectivity index (χ2n) is 8.06. The molecule has 0 saturated carbocycles. The molecule has 0 aliphatic carbocycles. The summed E-state index contributed by atoms with van der Waals surface area (Å²) in [6, 6.07) is 14.5. The van der Waals surface area contributed by atoms with E-state index in [1.54, 1.807) is 18.2 Å². The van der Waals surface area contributed by atoms with E-state index in [4.69, 9.17) is 19.5 Å². The molecule has 1 saturated heterocycles. The summed E-state index contributed by atoms with van der Waals surface area (Å²) >= 11 is 0. The van der Waals surface area contributed by atoms with Gasteiger partial charge in [-0.25, -0.2) is 4.39 Å². The molecule has 1 aliphatic heterocycles. The SMILES string of the molecule is COc1ccc(CN(CCC2OCC(CN(C)C)CO2)c2ccc(C#N)cc2)cc1F. The lowest BCUT2D eigenvalue weighted by Crippen LogP contribution is -2.39. The lowest BCUT2D eigenvalue weighted by atomic mass is 10.1. The zero-order valence-electron chi connectivity index (χ0n) is 18.4. The number of ether oxygens (including phenoxy) is 3. The predicted octanol–water partition coefficient (Wildman–Crippen LogP) is 3.65. The van der Waals surface area contributed by atoms with Gasteiger partial charge >= 0.3 is 0 Å². The number of nitrogens with zero attached hydrogens (tertiary/aromatic N) is 3. The molecule has 7 heteroatoms. The molecule has 0 aromatic heterocycles. The van der Waals surface area contributed by atoms with Crippen LogP contribution in [0.5, 0.6) is 5.75 Å². The molecule has 0 bridgehead atoms. The van der Waals surface area contributed by atoms with Gasteiger partial charge in [-0.1, -0.05) is 6.07 Å². The minimum absolute atomic E-state index is 0.227. The van der Waals surface area contributed by atoms with Crippen LogP contribution in [0.2, 0.25) is 0 Å². The van der Waals surface area contributed by atoms with Gasteiger partial charge < -0.3 is 24.0 Å². The molecule has 0 radical (unpaired) electrons. The highest BCUT2D eigenvalue weighted by molar-refractivity contribution is 5.50. The van der Waals surface area contributed by atoms with Crippen LogP contribution in [0.25, 0.3) is 0 Å². The van der Waals surface area contributed by atoms with Crippen molar-refractivity contribution < 1.29 is 18.6 Å². The minimum atomic E-state index is -0.384. The molecular formula is C24H30FN3O3. The summed E-state index contributed by atoms with van der Waals surface area (Å²) < 4.78 is 31.0. The first-order valence-corrected chi connectivity index (χ1v) is 10.4. The third kappa shape index (κ3) is 6.66. The normalized spacial score (nSPS) is 18.6. The van der Waals surface area contributed by atoms with E-state index in [1.807, 2.05) is 32.3 Å². The summed E-state index contributed by atoms with van der Waals surface area (Å²) in [6.45, 7) is 3.49. The highest BCUT2D eigenvalue weighted by atomic mass is 19.1. The van der Waals surface area contributed by atoms with Crippen molar-refractivity contribution >= 4 is 5.69 Å². The van der Waals surface area contributed by atoms with Gasteiger partial charge in [0.05, 0.1) is 32.0 Å². The third-order valence-electron chi connectivity index (χ3n) is 5.24. The molecule has 6 nitrogen and oxygen atoms in total. The number of methoxy groups -OCH3 is 1. The maximum atomic E-state index is 14.2. The Labute approximate surface area is 183 Å². The van der Waals surface area contributed by atoms with Gasteiger partial charge in [0.15, 0.2) is 17.9 Å². The summed E-state index contributed by atoms with van der Waals surface area (Å²) in [5.41, 5.74) is 2.39. The lowest BCUT2D eigenvalue weighted by Gasteiger charge is -2.33. The number of rotatable bonds is 9. The van der Waals surface area contributed by atoms with E-state index in [-0.39, 0.29) is 17.9 Å². The monoisotopic (exact) mass is 427 g/mol. The second-order valence-corrected chi connectivity index (χ2v) is 8.06. The topological polar surface area (TPSA) is 58.0 Å². The van der Waals surface area contributed by atoms with E-state index >= 15 is 0 Å². The van der Waals surface area contributed by atoms with Gasteiger partial charge in [-0.15, -0.1) is 0 Å². The number of hydrogen-bond acceptors (Lipinski definition) is 6. The maximum absolute atomic E-state index is 14.2. The predicted molar refractivity (Wildman–Crippen MR) is 118 cm³/mol. The zero-order valence-corrected chi connectivity index (χ0v) is 18.4. The van der Waals surface area contributed by atoms with Crippen LogP contribution < -0.4 is 9.64 Å². The molecule has 166 valence electrons. The lowest BCUT2D eigenvalue weighted by molar-refractivity contribution is -0.203. The van der Waals surface area contributed by atoms with Gasteiger partial charge in [0, 0.05) is 37.7 Å². The highest BCUT2D eigenvalue weighted by Gasteiger charge is 2.23. The fourth-order valence-electron chi connectivity index (χ4n) is 3.71. The van der Waals surface area contributed by atoms with Crippen LogP contribution >= 0.6 is 0 Å². The number of nitriles is 1. The molecule has 1 aliphatic rings. The molecule has 2 aromatic carbocycles. The van der Waals surface area contributed by atoms with Crippen molar-refractivity contribution in [3.05, 3.63) is 59.4 Å². The molecule has 0 N–H and O–H groups in total. The molecule has 0 amide bonds. The van der Waals surface area contributed by atoms with Gasteiger partial charge in [-0.3, -0.25) is 0 Å². The fourth-order valence-corrected chi connectivity index (χ4v) is 3.71. The second kappa shape index (κ2) is 11.1. The third-order valence-corrected chi connectivity index (χ3v) is 5.24. The summed E-state index contributed by atoms with van der Waals surface area (Å²) in [5.74, 6) is 0.221. The Kier molecular flexibility index (Phi) is 8.24. The van der Waals surface area contributed by atoms with Gasteiger partial charge in [-0.05, 0) is 56.1 Å². The van der Waals surface area contributed by atoms with Crippen LogP contribution in [0.4, 0.5) is 10.1 Å². The quantitative estimate of drug-likeness (QED) is 0.609. The van der Waals surface area contributed by atoms with E-state index in [0.29, 0.717) is 44.2 Å².